The van der Waals surface area contributed by atoms with Crippen molar-refractivity contribution < 1.29 is 9.59 Å². The van der Waals surface area contributed by atoms with Gasteiger partial charge in [0.25, 0.3) is 0 Å². The van der Waals surface area contributed by atoms with E-state index in [1.54, 1.807) is 0 Å². The average molecular weight is 242 g/mol. The summed E-state index contributed by atoms with van der Waals surface area (Å²) in [5.41, 5.74) is -0.193. The summed E-state index contributed by atoms with van der Waals surface area (Å²) in [4.78, 5) is 24.1. The van der Waals surface area contributed by atoms with Crippen molar-refractivity contribution in [2.75, 3.05) is 0 Å². The van der Waals surface area contributed by atoms with Crippen molar-refractivity contribution >= 4 is 11.6 Å². The number of allylic oxidation sites excluding steroid dienone is 2. The molecule has 4 saturated carbocycles. The zero-order valence-corrected chi connectivity index (χ0v) is 10.5. The zero-order valence-electron chi connectivity index (χ0n) is 10.5. The van der Waals surface area contributed by atoms with Crippen LogP contribution in [0.5, 0.6) is 0 Å². The fourth-order valence-electron chi connectivity index (χ4n) is 6.59. The van der Waals surface area contributed by atoms with Crippen LogP contribution < -0.4 is 0 Å². The minimum atomic E-state index is -0.193. The lowest BCUT2D eigenvalue weighted by atomic mass is 9.61. The first-order chi connectivity index (χ1) is 8.69. The summed E-state index contributed by atoms with van der Waals surface area (Å²) in [7, 11) is 0. The van der Waals surface area contributed by atoms with Crippen molar-refractivity contribution in [3.05, 3.63) is 12.2 Å². The van der Waals surface area contributed by atoms with Crippen LogP contribution in [0.1, 0.15) is 32.1 Å². The zero-order chi connectivity index (χ0) is 12.1. The number of hydrogen-bond donors (Lipinski definition) is 0. The van der Waals surface area contributed by atoms with Crippen molar-refractivity contribution in [2.24, 2.45) is 40.9 Å². The molecular formula is C16H18O2. The highest BCUT2D eigenvalue weighted by molar-refractivity contribution is 6.09. The first kappa shape index (κ1) is 9.94. The van der Waals surface area contributed by atoms with Gasteiger partial charge in [-0.1, -0.05) is 12.2 Å². The van der Waals surface area contributed by atoms with E-state index >= 15 is 0 Å². The van der Waals surface area contributed by atoms with E-state index in [4.69, 9.17) is 0 Å². The predicted molar refractivity (Wildman–Crippen MR) is 65.6 cm³/mol. The van der Waals surface area contributed by atoms with Crippen LogP contribution in [-0.2, 0) is 9.59 Å². The smallest absolute Gasteiger partial charge is 0.147 e. The van der Waals surface area contributed by atoms with Crippen LogP contribution in [-0.4, -0.2) is 11.6 Å². The van der Waals surface area contributed by atoms with Gasteiger partial charge < -0.3 is 0 Å². The van der Waals surface area contributed by atoms with Crippen LogP contribution in [0.25, 0.3) is 0 Å². The molecule has 0 amide bonds. The van der Waals surface area contributed by atoms with Gasteiger partial charge in [-0.2, -0.15) is 0 Å². The molecule has 0 aromatic rings. The Kier molecular flexibility index (Phi) is 1.55. The first-order valence-electron chi connectivity index (χ1n) is 7.42. The van der Waals surface area contributed by atoms with E-state index in [2.05, 4.69) is 12.2 Å². The maximum atomic E-state index is 12.4. The van der Waals surface area contributed by atoms with E-state index in [1.807, 2.05) is 0 Å². The van der Waals surface area contributed by atoms with Gasteiger partial charge in [-0.3, -0.25) is 9.59 Å². The molecule has 5 rings (SSSR count). The molecule has 0 aromatic heterocycles. The predicted octanol–water partition coefficient (Wildman–Crippen LogP) is 2.38. The van der Waals surface area contributed by atoms with Gasteiger partial charge in [0.1, 0.15) is 11.6 Å². The lowest BCUT2D eigenvalue weighted by molar-refractivity contribution is -0.130. The summed E-state index contributed by atoms with van der Waals surface area (Å²) in [6.07, 6.45) is 9.27. The second-order valence-corrected chi connectivity index (χ2v) is 7.38. The van der Waals surface area contributed by atoms with Crippen LogP contribution in [0.3, 0.4) is 0 Å². The highest BCUT2D eigenvalue weighted by Crippen LogP contribution is 2.72. The van der Waals surface area contributed by atoms with Crippen molar-refractivity contribution in [3.63, 3.8) is 0 Å². The molecule has 0 aromatic carbocycles. The summed E-state index contributed by atoms with van der Waals surface area (Å²) in [6, 6.07) is 0. The first-order valence-corrected chi connectivity index (χ1v) is 7.42. The summed E-state index contributed by atoms with van der Waals surface area (Å²) in [5, 5.41) is 0. The molecule has 94 valence electrons. The third kappa shape index (κ3) is 0.886. The number of ketones is 2. The Bertz CT molecular complexity index is 505. The van der Waals surface area contributed by atoms with Crippen LogP contribution in [0, 0.1) is 40.9 Å². The number of fused-ring (bicyclic) bond motifs is 10. The second kappa shape index (κ2) is 2.81. The average Bonchev–Trinajstić information content (AvgIpc) is 3.07. The van der Waals surface area contributed by atoms with Crippen molar-refractivity contribution in [3.8, 4) is 0 Å². The highest BCUT2D eigenvalue weighted by atomic mass is 16.2. The SMILES string of the molecule is O=C1CC(=O)C2(C1)CC1CC2C2C3C=CC(C3)C12. The molecular weight excluding hydrogens is 224 g/mol. The van der Waals surface area contributed by atoms with Crippen LogP contribution in [0.2, 0.25) is 0 Å². The fourth-order valence-corrected chi connectivity index (χ4v) is 6.59. The Balaban J connectivity index is 1.59. The van der Waals surface area contributed by atoms with E-state index in [1.165, 1.54) is 12.8 Å². The monoisotopic (exact) mass is 242 g/mol. The van der Waals surface area contributed by atoms with Crippen molar-refractivity contribution in [1.29, 1.82) is 0 Å². The third-order valence-corrected chi connectivity index (χ3v) is 6.91. The van der Waals surface area contributed by atoms with E-state index < -0.39 is 0 Å². The van der Waals surface area contributed by atoms with Crippen molar-refractivity contribution in [2.45, 2.75) is 32.1 Å². The molecule has 2 heteroatoms. The standard InChI is InChI=1S/C16H18O2/c17-11-5-13(18)16(7-11)6-10-4-12(16)15-9-2-1-8(3-9)14(10)15/h1-2,8-10,12,14-15H,3-7H2. The van der Waals surface area contributed by atoms with E-state index in [9.17, 15) is 9.59 Å². The largest absolute Gasteiger partial charge is 0.299 e. The molecule has 0 aliphatic heterocycles. The van der Waals surface area contributed by atoms with Gasteiger partial charge in [0.2, 0.25) is 0 Å². The molecule has 5 aliphatic carbocycles. The van der Waals surface area contributed by atoms with Crippen LogP contribution in [0.15, 0.2) is 12.2 Å². The molecule has 4 bridgehead atoms. The molecule has 18 heavy (non-hydrogen) atoms. The number of hydrogen-bond acceptors (Lipinski definition) is 2. The Morgan fingerprint density at radius 3 is 2.56 bits per heavy atom. The molecule has 2 nitrogen and oxygen atoms in total. The Morgan fingerprint density at radius 2 is 1.83 bits per heavy atom. The molecule has 0 N–H and O–H groups in total. The van der Waals surface area contributed by atoms with Crippen LogP contribution in [0.4, 0.5) is 0 Å². The maximum absolute atomic E-state index is 12.4. The number of carbonyl (C=O) groups is 2. The Morgan fingerprint density at radius 1 is 1.06 bits per heavy atom. The van der Waals surface area contributed by atoms with Crippen molar-refractivity contribution in [1.82, 2.24) is 0 Å². The van der Waals surface area contributed by atoms with E-state index in [0.717, 1.165) is 36.0 Å². The molecule has 0 radical (unpaired) electrons. The maximum Gasteiger partial charge on any atom is 0.147 e. The van der Waals surface area contributed by atoms with Gasteiger partial charge >= 0.3 is 0 Å². The summed E-state index contributed by atoms with van der Waals surface area (Å²) in [6.45, 7) is 0. The molecule has 0 saturated heterocycles. The molecule has 4 fully saturated rings. The van der Waals surface area contributed by atoms with E-state index in [0.29, 0.717) is 18.1 Å². The summed E-state index contributed by atoms with van der Waals surface area (Å²) < 4.78 is 0. The van der Waals surface area contributed by atoms with Gasteiger partial charge in [0, 0.05) is 11.8 Å². The molecule has 1 spiro atoms. The van der Waals surface area contributed by atoms with E-state index in [-0.39, 0.29) is 17.6 Å². The Hall–Kier alpha value is -0.920. The number of carbonyl (C=O) groups excluding carboxylic acids is 2. The normalized spacial score (nSPS) is 59.3. The fraction of sp³-hybridized carbons (Fsp3) is 0.750. The number of rotatable bonds is 0. The molecule has 5 aliphatic rings. The topological polar surface area (TPSA) is 34.1 Å². The quantitative estimate of drug-likeness (QED) is 0.371. The minimum absolute atomic E-state index is 0.193. The molecule has 7 unspecified atom stereocenters. The Labute approximate surface area is 107 Å². The van der Waals surface area contributed by atoms with Gasteiger partial charge in [0.05, 0.1) is 6.42 Å². The number of Topliss-reactive ketones (excluding diaryl/α,β-unsaturated/α-hetero) is 2. The van der Waals surface area contributed by atoms with Gasteiger partial charge in [-0.25, -0.2) is 0 Å². The molecule has 0 heterocycles. The molecule has 7 atom stereocenters. The van der Waals surface area contributed by atoms with Crippen LogP contribution >= 0.6 is 0 Å². The lowest BCUT2D eigenvalue weighted by Gasteiger charge is -2.42. The third-order valence-electron chi connectivity index (χ3n) is 6.91. The summed E-state index contributed by atoms with van der Waals surface area (Å²) in [5.74, 6) is 4.94. The lowest BCUT2D eigenvalue weighted by Crippen LogP contribution is -2.41. The van der Waals surface area contributed by atoms with Gasteiger partial charge in [-0.05, 0) is 54.8 Å². The highest BCUT2D eigenvalue weighted by Gasteiger charge is 2.69. The minimum Gasteiger partial charge on any atom is -0.299 e. The van der Waals surface area contributed by atoms with Gasteiger partial charge in [0.15, 0.2) is 0 Å². The summed E-state index contributed by atoms with van der Waals surface area (Å²) >= 11 is 0. The second-order valence-electron chi connectivity index (χ2n) is 7.38. The van der Waals surface area contributed by atoms with Gasteiger partial charge in [-0.15, -0.1) is 0 Å².